The Bertz CT molecular complexity index is 496. The molecule has 0 radical (unpaired) electrons. The average Bonchev–Trinajstić information content (AvgIpc) is 2.64. The molecule has 0 N–H and O–H groups in total. The van der Waals surface area contributed by atoms with E-state index >= 15 is 0 Å². The van der Waals surface area contributed by atoms with Gasteiger partial charge in [0.25, 0.3) is 0 Å². The number of hydrogen-bond donors (Lipinski definition) is 0. The number of nitrogens with zero attached hydrogens (tertiary/aromatic N) is 6. The zero-order valence-corrected chi connectivity index (χ0v) is 9.92. The van der Waals surface area contributed by atoms with Crippen LogP contribution in [0, 0.1) is 0 Å². The second kappa shape index (κ2) is 3.62. The first-order valence-corrected chi connectivity index (χ1v) is 5.08. The van der Waals surface area contributed by atoms with Gasteiger partial charge in [0.2, 0.25) is 0 Å². The molecule has 2 aromatic heterocycles. The van der Waals surface area contributed by atoms with Crippen molar-refractivity contribution in [1.29, 1.82) is 0 Å². The molecular weight excluding hydrogens is 204 g/mol. The number of tetrazole rings is 1. The summed E-state index contributed by atoms with van der Waals surface area (Å²) in [5.41, 5.74) is 1.18. The van der Waals surface area contributed by atoms with Crippen LogP contribution in [0.15, 0.2) is 18.7 Å². The third-order valence-corrected chi connectivity index (χ3v) is 2.28. The molecule has 0 aliphatic heterocycles. The molecule has 0 fully saturated rings. The molecule has 0 spiro atoms. The van der Waals surface area contributed by atoms with Crippen molar-refractivity contribution in [3.63, 3.8) is 0 Å². The van der Waals surface area contributed by atoms with Gasteiger partial charge in [-0.25, -0.2) is 0 Å². The normalized spacial score (nSPS) is 11.8. The Morgan fingerprint density at radius 2 is 2.06 bits per heavy atom. The maximum atomic E-state index is 4.18. The summed E-state index contributed by atoms with van der Waals surface area (Å²) in [6, 6.07) is 0. The van der Waals surface area contributed by atoms with Crippen molar-refractivity contribution in [2.75, 3.05) is 0 Å². The van der Waals surface area contributed by atoms with E-state index in [1.54, 1.807) is 17.9 Å². The Morgan fingerprint density at radius 3 is 2.62 bits per heavy atom. The van der Waals surface area contributed by atoms with Gasteiger partial charge in [-0.15, -0.1) is 4.80 Å². The van der Waals surface area contributed by atoms with E-state index in [2.05, 4.69) is 41.2 Å². The van der Waals surface area contributed by atoms with Crippen molar-refractivity contribution >= 4 is 0 Å². The van der Waals surface area contributed by atoms with Crippen LogP contribution in [0.2, 0.25) is 0 Å². The minimum Gasteiger partial charge on any atom is -0.196 e. The second-order valence-electron chi connectivity index (χ2n) is 4.71. The van der Waals surface area contributed by atoms with E-state index in [0.29, 0.717) is 5.95 Å². The zero-order valence-electron chi connectivity index (χ0n) is 9.92. The lowest BCUT2D eigenvalue weighted by Crippen LogP contribution is -2.34. The highest BCUT2D eigenvalue weighted by Crippen LogP contribution is 2.19. The minimum absolute atomic E-state index is 0.0538. The zero-order chi connectivity index (χ0) is 11.8. The highest BCUT2D eigenvalue weighted by molar-refractivity contribution is 5.12. The summed E-state index contributed by atoms with van der Waals surface area (Å²) in [6.45, 7) is 6.41. The highest BCUT2D eigenvalue weighted by atomic mass is 15.6. The summed E-state index contributed by atoms with van der Waals surface area (Å²) < 4.78 is 1.77. The van der Waals surface area contributed by atoms with E-state index < -0.39 is 0 Å². The maximum Gasteiger partial charge on any atom is 0.433 e. The Hall–Kier alpha value is -1.85. The SMILES string of the molecule is Cn1nnc(-[n+]2cncc(C(C)(C)C)c2)n1. The van der Waals surface area contributed by atoms with Gasteiger partial charge in [0.05, 0.1) is 19.4 Å². The molecule has 2 heterocycles. The fourth-order valence-electron chi connectivity index (χ4n) is 1.28. The Kier molecular flexibility index (Phi) is 2.41. The van der Waals surface area contributed by atoms with Crippen molar-refractivity contribution in [2.45, 2.75) is 26.2 Å². The van der Waals surface area contributed by atoms with Crippen molar-refractivity contribution < 1.29 is 4.57 Å². The van der Waals surface area contributed by atoms with Crippen LogP contribution in [0.1, 0.15) is 26.3 Å². The Morgan fingerprint density at radius 1 is 1.31 bits per heavy atom. The summed E-state index contributed by atoms with van der Waals surface area (Å²) >= 11 is 0. The summed E-state index contributed by atoms with van der Waals surface area (Å²) in [7, 11) is 1.73. The molecule has 16 heavy (non-hydrogen) atoms. The minimum atomic E-state index is 0.0538. The van der Waals surface area contributed by atoms with E-state index in [1.807, 2.05) is 12.4 Å². The van der Waals surface area contributed by atoms with Crippen molar-refractivity contribution in [2.24, 2.45) is 7.05 Å². The third kappa shape index (κ3) is 2.05. The molecule has 0 bridgehead atoms. The average molecular weight is 219 g/mol. The van der Waals surface area contributed by atoms with E-state index in [4.69, 9.17) is 0 Å². The van der Waals surface area contributed by atoms with Crippen LogP contribution in [0.4, 0.5) is 0 Å². The fraction of sp³-hybridized carbons (Fsp3) is 0.500. The molecule has 0 aliphatic carbocycles. The van der Waals surface area contributed by atoms with Crippen molar-refractivity contribution in [3.05, 3.63) is 24.3 Å². The summed E-state index contributed by atoms with van der Waals surface area (Å²) in [4.78, 5) is 5.61. The molecule has 84 valence electrons. The highest BCUT2D eigenvalue weighted by Gasteiger charge is 2.19. The maximum absolute atomic E-state index is 4.18. The lowest BCUT2D eigenvalue weighted by molar-refractivity contribution is -0.607. The van der Waals surface area contributed by atoms with Crippen LogP contribution in [-0.2, 0) is 12.5 Å². The lowest BCUT2D eigenvalue weighted by Gasteiger charge is -2.16. The number of hydrogen-bond acceptors (Lipinski definition) is 4. The molecule has 0 aromatic carbocycles. The van der Waals surface area contributed by atoms with Crippen LogP contribution in [0.25, 0.3) is 5.95 Å². The van der Waals surface area contributed by atoms with Gasteiger partial charge in [-0.1, -0.05) is 20.8 Å². The van der Waals surface area contributed by atoms with E-state index in [1.165, 1.54) is 4.80 Å². The molecule has 0 saturated heterocycles. The van der Waals surface area contributed by atoms with E-state index in [0.717, 1.165) is 5.56 Å². The van der Waals surface area contributed by atoms with Gasteiger partial charge in [-0.2, -0.15) is 9.55 Å². The van der Waals surface area contributed by atoms with Gasteiger partial charge in [0.1, 0.15) is 0 Å². The number of rotatable bonds is 1. The van der Waals surface area contributed by atoms with Crippen molar-refractivity contribution in [3.8, 4) is 5.95 Å². The molecule has 0 amide bonds. The topological polar surface area (TPSA) is 60.4 Å². The molecule has 0 atom stereocenters. The van der Waals surface area contributed by atoms with Crippen LogP contribution in [-0.4, -0.2) is 25.2 Å². The van der Waals surface area contributed by atoms with Crippen molar-refractivity contribution in [1.82, 2.24) is 25.2 Å². The first-order valence-electron chi connectivity index (χ1n) is 5.08. The molecule has 6 nitrogen and oxygen atoms in total. The predicted octanol–water partition coefficient (Wildman–Crippen LogP) is 0.179. The summed E-state index contributed by atoms with van der Waals surface area (Å²) in [5, 5.41) is 11.8. The monoisotopic (exact) mass is 219 g/mol. The molecular formula is C10H15N6+. The van der Waals surface area contributed by atoms with E-state index in [9.17, 15) is 0 Å². The molecule has 2 rings (SSSR count). The van der Waals surface area contributed by atoms with Gasteiger partial charge < -0.3 is 0 Å². The second-order valence-corrected chi connectivity index (χ2v) is 4.71. The quantitative estimate of drug-likeness (QED) is 0.642. The van der Waals surface area contributed by atoms with Gasteiger partial charge in [-0.3, -0.25) is 0 Å². The van der Waals surface area contributed by atoms with Crippen LogP contribution in [0.5, 0.6) is 0 Å². The predicted molar refractivity (Wildman–Crippen MR) is 56.8 cm³/mol. The first-order chi connectivity index (χ1) is 7.47. The van der Waals surface area contributed by atoms with Gasteiger partial charge in [0, 0.05) is 21.0 Å². The fourth-order valence-corrected chi connectivity index (χ4v) is 1.28. The van der Waals surface area contributed by atoms with Gasteiger partial charge >= 0.3 is 5.95 Å². The Labute approximate surface area is 93.9 Å². The third-order valence-electron chi connectivity index (χ3n) is 2.28. The standard InChI is InChI=1S/C10H15N6/c1-10(2,3)8-5-11-7-16(6-8)9-12-14-15(4)13-9/h5-7H,1-4H3/q+1. The largest absolute Gasteiger partial charge is 0.433 e. The summed E-state index contributed by atoms with van der Waals surface area (Å²) in [6.07, 6.45) is 5.50. The Balaban J connectivity index is 2.44. The molecule has 0 aliphatic rings. The molecule has 0 unspecified atom stereocenters. The molecule has 0 saturated carbocycles. The van der Waals surface area contributed by atoms with Gasteiger partial charge in [-0.05, 0) is 5.41 Å². The first kappa shape index (κ1) is 10.7. The lowest BCUT2D eigenvalue weighted by atomic mass is 9.89. The summed E-state index contributed by atoms with van der Waals surface area (Å²) in [5.74, 6) is 0.529. The van der Waals surface area contributed by atoms with Crippen LogP contribution < -0.4 is 4.57 Å². The molecule has 2 aromatic rings. The van der Waals surface area contributed by atoms with Gasteiger partial charge in [0.15, 0.2) is 6.33 Å². The smallest absolute Gasteiger partial charge is 0.196 e. The molecule has 6 heteroatoms. The number of aromatic nitrogens is 6. The van der Waals surface area contributed by atoms with Crippen LogP contribution >= 0.6 is 0 Å². The number of aryl methyl sites for hydroxylation is 1. The van der Waals surface area contributed by atoms with Crippen LogP contribution in [0.3, 0.4) is 0 Å². The van der Waals surface area contributed by atoms with E-state index in [-0.39, 0.29) is 5.41 Å².